The first-order valence-electron chi connectivity index (χ1n) is 10.3. The predicted molar refractivity (Wildman–Crippen MR) is 127 cm³/mol. The number of aromatic nitrogens is 4. The van der Waals surface area contributed by atoms with Gasteiger partial charge in [-0.1, -0.05) is 23.9 Å². The van der Waals surface area contributed by atoms with Crippen LogP contribution < -0.4 is 21.0 Å². The number of hydrogen-bond donors (Lipinski definition) is 2. The topological polar surface area (TPSA) is 124 Å². The van der Waals surface area contributed by atoms with Gasteiger partial charge in [-0.15, -0.1) is 0 Å². The summed E-state index contributed by atoms with van der Waals surface area (Å²) < 4.78 is 12.2. The van der Waals surface area contributed by atoms with Gasteiger partial charge in [-0.2, -0.15) is 5.10 Å². The number of para-hydroxylation sites is 1. The second-order valence-corrected chi connectivity index (χ2v) is 8.32. The van der Waals surface area contributed by atoms with Crippen molar-refractivity contribution in [2.45, 2.75) is 31.6 Å². The molecule has 2 N–H and O–H groups in total. The molecular formula is C22H24N6O4S. The van der Waals surface area contributed by atoms with E-state index in [2.05, 4.69) is 25.7 Å². The molecule has 0 fully saturated rings. The molecule has 0 unspecified atom stereocenters. The van der Waals surface area contributed by atoms with Crippen molar-refractivity contribution in [1.82, 2.24) is 25.1 Å². The quantitative estimate of drug-likeness (QED) is 0.228. The number of thioether (sulfide) groups is 1. The Labute approximate surface area is 193 Å². The molecule has 0 saturated heterocycles. The molecule has 33 heavy (non-hydrogen) atoms. The summed E-state index contributed by atoms with van der Waals surface area (Å²) >= 11 is 1.44. The van der Waals surface area contributed by atoms with Crippen LogP contribution in [0.4, 0.5) is 5.82 Å². The van der Waals surface area contributed by atoms with Crippen LogP contribution in [0.25, 0.3) is 22.0 Å². The van der Waals surface area contributed by atoms with Crippen LogP contribution in [0.1, 0.15) is 24.2 Å². The summed E-state index contributed by atoms with van der Waals surface area (Å²) in [5.41, 5.74) is 0.177. The van der Waals surface area contributed by atoms with Crippen molar-refractivity contribution < 1.29 is 13.9 Å². The molecule has 1 amide bonds. The van der Waals surface area contributed by atoms with Crippen LogP contribution in [-0.4, -0.2) is 51.6 Å². The number of anilines is 1. The van der Waals surface area contributed by atoms with Gasteiger partial charge in [0.15, 0.2) is 22.1 Å². The van der Waals surface area contributed by atoms with Crippen molar-refractivity contribution in [3.05, 3.63) is 46.4 Å². The average molecular weight is 469 g/mol. The fraction of sp³-hybridized carbons (Fsp3) is 0.318. The molecular weight excluding hydrogens is 444 g/mol. The van der Waals surface area contributed by atoms with Crippen molar-refractivity contribution in [3.8, 4) is 5.75 Å². The lowest BCUT2D eigenvalue weighted by molar-refractivity contribution is 0.0948. The van der Waals surface area contributed by atoms with Crippen LogP contribution >= 0.6 is 11.8 Å². The summed E-state index contributed by atoms with van der Waals surface area (Å²) in [5.74, 6) is 0.630. The molecule has 0 aliphatic carbocycles. The number of hydrogen-bond acceptors (Lipinski definition) is 9. The Morgan fingerprint density at radius 1 is 1.30 bits per heavy atom. The van der Waals surface area contributed by atoms with Crippen LogP contribution in [0, 0.1) is 0 Å². The lowest BCUT2D eigenvalue weighted by atomic mass is 10.1. The molecule has 0 aliphatic heterocycles. The third-order valence-electron chi connectivity index (χ3n) is 4.88. The highest BCUT2D eigenvalue weighted by molar-refractivity contribution is 7.98. The van der Waals surface area contributed by atoms with E-state index in [1.165, 1.54) is 24.9 Å². The first-order valence-corrected chi connectivity index (χ1v) is 11.6. The molecule has 3 aromatic heterocycles. The number of nitrogens with zero attached hydrogens (tertiary/aromatic N) is 4. The zero-order valence-electron chi connectivity index (χ0n) is 18.7. The molecule has 10 nitrogen and oxygen atoms in total. The van der Waals surface area contributed by atoms with Crippen molar-refractivity contribution in [2.75, 3.05) is 25.2 Å². The number of carbonyl (C=O) groups excluding carboxylic acids is 1. The van der Waals surface area contributed by atoms with Gasteiger partial charge in [-0.3, -0.25) is 4.79 Å². The number of fused-ring (bicyclic) bond motifs is 2. The SMILES string of the molecule is COc1cccc2cc(C(=O)NCCn3ncc4c(NC(C)C)nc(SC)nc43)c(=O)oc12. The average Bonchev–Trinajstić information content (AvgIpc) is 3.20. The van der Waals surface area contributed by atoms with Gasteiger partial charge in [0.25, 0.3) is 5.91 Å². The predicted octanol–water partition coefficient (Wildman–Crippen LogP) is 2.91. The van der Waals surface area contributed by atoms with Gasteiger partial charge in [0.1, 0.15) is 11.4 Å². The number of ether oxygens (including phenoxy) is 1. The molecule has 0 aliphatic rings. The van der Waals surface area contributed by atoms with E-state index in [-0.39, 0.29) is 18.2 Å². The van der Waals surface area contributed by atoms with E-state index in [0.29, 0.717) is 34.1 Å². The van der Waals surface area contributed by atoms with Gasteiger partial charge in [-0.25, -0.2) is 19.4 Å². The lowest BCUT2D eigenvalue weighted by Gasteiger charge is -2.11. The van der Waals surface area contributed by atoms with Crippen molar-refractivity contribution >= 4 is 45.5 Å². The van der Waals surface area contributed by atoms with E-state index in [4.69, 9.17) is 9.15 Å². The summed E-state index contributed by atoms with van der Waals surface area (Å²) in [5, 5.41) is 12.5. The van der Waals surface area contributed by atoms with E-state index in [0.717, 1.165) is 11.2 Å². The molecule has 3 heterocycles. The standard InChI is InChI=1S/C22H24N6O4S/c1-12(2)25-18-15-11-24-28(19(15)27-22(26-18)33-4)9-8-23-20(29)14-10-13-6-5-7-16(31-3)17(13)32-21(14)30/h5-7,10-12H,8-9H2,1-4H3,(H,23,29)(H,25,26,27). The zero-order chi connectivity index (χ0) is 23.5. The van der Waals surface area contributed by atoms with Crippen LogP contribution in [-0.2, 0) is 6.54 Å². The third kappa shape index (κ3) is 4.63. The van der Waals surface area contributed by atoms with E-state index >= 15 is 0 Å². The van der Waals surface area contributed by atoms with Crippen LogP contribution in [0.2, 0.25) is 0 Å². The number of nitrogens with one attached hydrogen (secondary N) is 2. The second kappa shape index (κ2) is 9.49. The molecule has 0 bridgehead atoms. The largest absolute Gasteiger partial charge is 0.493 e. The van der Waals surface area contributed by atoms with E-state index in [1.807, 2.05) is 20.1 Å². The Morgan fingerprint density at radius 3 is 2.85 bits per heavy atom. The Bertz CT molecular complexity index is 1380. The molecule has 4 rings (SSSR count). The number of carbonyl (C=O) groups is 1. The molecule has 11 heteroatoms. The summed E-state index contributed by atoms with van der Waals surface area (Å²) in [6.07, 6.45) is 3.61. The Kier molecular flexibility index (Phi) is 6.50. The van der Waals surface area contributed by atoms with Gasteiger partial charge < -0.3 is 19.8 Å². The molecule has 1 aromatic carbocycles. The van der Waals surface area contributed by atoms with Crippen LogP contribution in [0.5, 0.6) is 5.75 Å². The van der Waals surface area contributed by atoms with Gasteiger partial charge in [-0.05, 0) is 32.2 Å². The van der Waals surface area contributed by atoms with Crippen molar-refractivity contribution in [3.63, 3.8) is 0 Å². The highest BCUT2D eigenvalue weighted by atomic mass is 32.2. The third-order valence-corrected chi connectivity index (χ3v) is 5.43. The highest BCUT2D eigenvalue weighted by Crippen LogP contribution is 2.25. The van der Waals surface area contributed by atoms with Crippen molar-refractivity contribution in [2.24, 2.45) is 0 Å². The van der Waals surface area contributed by atoms with E-state index in [1.54, 1.807) is 29.1 Å². The van der Waals surface area contributed by atoms with Gasteiger partial charge >= 0.3 is 5.63 Å². The maximum absolute atomic E-state index is 12.7. The van der Waals surface area contributed by atoms with Gasteiger partial charge in [0, 0.05) is 18.0 Å². The summed E-state index contributed by atoms with van der Waals surface area (Å²) in [4.78, 5) is 34.1. The summed E-state index contributed by atoms with van der Waals surface area (Å²) in [7, 11) is 1.49. The molecule has 0 spiro atoms. The highest BCUT2D eigenvalue weighted by Gasteiger charge is 2.17. The summed E-state index contributed by atoms with van der Waals surface area (Å²) in [6, 6.07) is 6.91. The van der Waals surface area contributed by atoms with E-state index < -0.39 is 11.5 Å². The Balaban J connectivity index is 1.52. The smallest absolute Gasteiger partial charge is 0.349 e. The molecule has 0 saturated carbocycles. The maximum atomic E-state index is 12.7. The van der Waals surface area contributed by atoms with Crippen LogP contribution in [0.15, 0.2) is 44.8 Å². The monoisotopic (exact) mass is 468 g/mol. The molecule has 4 aromatic rings. The minimum absolute atomic E-state index is 0.0727. The fourth-order valence-electron chi connectivity index (χ4n) is 3.38. The molecule has 172 valence electrons. The zero-order valence-corrected chi connectivity index (χ0v) is 19.5. The van der Waals surface area contributed by atoms with Gasteiger partial charge in [0.05, 0.1) is 25.2 Å². The van der Waals surface area contributed by atoms with Crippen molar-refractivity contribution in [1.29, 1.82) is 0 Å². The number of amides is 1. The Morgan fingerprint density at radius 2 is 2.12 bits per heavy atom. The normalized spacial score (nSPS) is 11.3. The number of rotatable bonds is 8. The lowest BCUT2D eigenvalue weighted by Crippen LogP contribution is -2.31. The molecule has 0 atom stereocenters. The first-order chi connectivity index (χ1) is 15.9. The fourth-order valence-corrected chi connectivity index (χ4v) is 3.74. The molecule has 0 radical (unpaired) electrons. The minimum Gasteiger partial charge on any atom is -0.493 e. The second-order valence-electron chi connectivity index (χ2n) is 7.55. The number of benzene rings is 1. The number of methoxy groups -OCH3 is 1. The first kappa shape index (κ1) is 22.6. The van der Waals surface area contributed by atoms with E-state index in [9.17, 15) is 9.59 Å². The van der Waals surface area contributed by atoms with Gasteiger partial charge in [0.2, 0.25) is 0 Å². The van der Waals surface area contributed by atoms with Crippen LogP contribution in [0.3, 0.4) is 0 Å². The Hall–Kier alpha value is -3.60. The summed E-state index contributed by atoms with van der Waals surface area (Å²) in [6.45, 7) is 4.68. The minimum atomic E-state index is -0.726. The maximum Gasteiger partial charge on any atom is 0.349 e.